The number of hydrogen-bond donors (Lipinski definition) is 0. The quantitative estimate of drug-likeness (QED) is 0.676. The average molecular weight is 214 g/mol. The molecule has 0 radical (unpaired) electrons. The monoisotopic (exact) mass is 214 g/mol. The van der Waals surface area contributed by atoms with Crippen LogP contribution in [0.4, 0.5) is 0 Å². The fourth-order valence-corrected chi connectivity index (χ4v) is 1.57. The van der Waals surface area contributed by atoms with Crippen LogP contribution in [0.1, 0.15) is 46.5 Å². The van der Waals surface area contributed by atoms with Crippen molar-refractivity contribution in [3.63, 3.8) is 0 Å². The van der Waals surface area contributed by atoms with Crippen LogP contribution in [0.25, 0.3) is 0 Å². The maximum atomic E-state index is 11.2. The Morgan fingerprint density at radius 2 is 1.93 bits per heavy atom. The Bertz CT molecular complexity index is 252. The molecule has 0 N–H and O–H groups in total. The van der Waals surface area contributed by atoms with Crippen LogP contribution >= 0.6 is 0 Å². The lowest BCUT2D eigenvalue weighted by atomic mass is 9.87. The zero-order valence-electron chi connectivity index (χ0n) is 9.54. The maximum Gasteiger partial charge on any atom is 0.359 e. The van der Waals surface area contributed by atoms with Gasteiger partial charge in [-0.15, -0.1) is 0 Å². The zero-order chi connectivity index (χ0) is 11.5. The largest absolute Gasteiger partial charge is 0.359 e. The van der Waals surface area contributed by atoms with Crippen LogP contribution in [0.5, 0.6) is 0 Å². The lowest BCUT2D eigenvalue weighted by molar-refractivity contribution is -0.273. The molecular formula is C11H18O4. The molecule has 0 aromatic heterocycles. The molecule has 86 valence electrons. The van der Waals surface area contributed by atoms with Gasteiger partial charge >= 0.3 is 11.9 Å². The van der Waals surface area contributed by atoms with E-state index in [0.29, 0.717) is 6.42 Å². The smallest absolute Gasteiger partial charge is 0.247 e. The Hall–Kier alpha value is -1.06. The van der Waals surface area contributed by atoms with Gasteiger partial charge in [-0.3, -0.25) is 0 Å². The average Bonchev–Trinajstić information content (AvgIpc) is 2.09. The molecule has 0 aromatic rings. The first-order valence-electron chi connectivity index (χ1n) is 5.30. The SMILES string of the molecule is CC(C)(C)CCCC1CC(=O)OOC1=O. The van der Waals surface area contributed by atoms with E-state index in [1.165, 1.54) is 0 Å². The molecule has 0 aliphatic carbocycles. The van der Waals surface area contributed by atoms with Crippen LogP contribution in [0.15, 0.2) is 0 Å². The molecule has 4 nitrogen and oxygen atoms in total. The van der Waals surface area contributed by atoms with E-state index in [-0.39, 0.29) is 17.8 Å². The molecule has 1 rings (SSSR count). The number of carbonyl (C=O) groups is 2. The van der Waals surface area contributed by atoms with Crippen molar-refractivity contribution in [2.75, 3.05) is 0 Å². The summed E-state index contributed by atoms with van der Waals surface area (Å²) in [6.45, 7) is 6.46. The summed E-state index contributed by atoms with van der Waals surface area (Å²) < 4.78 is 0. The molecule has 0 saturated carbocycles. The minimum atomic E-state index is -0.449. The van der Waals surface area contributed by atoms with E-state index in [2.05, 4.69) is 30.5 Å². The third-order valence-electron chi connectivity index (χ3n) is 2.44. The van der Waals surface area contributed by atoms with Gasteiger partial charge in [0.05, 0.1) is 12.3 Å². The lowest BCUT2D eigenvalue weighted by Crippen LogP contribution is -2.29. The van der Waals surface area contributed by atoms with Crippen molar-refractivity contribution in [3.05, 3.63) is 0 Å². The first kappa shape index (κ1) is 12.0. The minimum Gasteiger partial charge on any atom is -0.247 e. The van der Waals surface area contributed by atoms with E-state index in [1.54, 1.807) is 0 Å². The molecule has 4 heteroatoms. The topological polar surface area (TPSA) is 52.6 Å². The van der Waals surface area contributed by atoms with Crippen LogP contribution in [0.2, 0.25) is 0 Å². The van der Waals surface area contributed by atoms with Gasteiger partial charge in [-0.1, -0.05) is 27.2 Å². The van der Waals surface area contributed by atoms with Crippen molar-refractivity contribution < 1.29 is 19.4 Å². The van der Waals surface area contributed by atoms with Gasteiger partial charge in [-0.2, -0.15) is 0 Å². The maximum absolute atomic E-state index is 11.2. The van der Waals surface area contributed by atoms with Gasteiger partial charge in [0.1, 0.15) is 0 Å². The summed E-state index contributed by atoms with van der Waals surface area (Å²) in [5.74, 6) is -1.17. The van der Waals surface area contributed by atoms with Gasteiger partial charge in [-0.05, 0) is 18.3 Å². The molecule has 1 fully saturated rings. The van der Waals surface area contributed by atoms with Crippen LogP contribution in [0, 0.1) is 11.3 Å². The highest BCUT2D eigenvalue weighted by Gasteiger charge is 2.31. The minimum absolute atomic E-state index is 0.156. The Morgan fingerprint density at radius 1 is 1.27 bits per heavy atom. The summed E-state index contributed by atoms with van der Waals surface area (Å²) in [7, 11) is 0. The summed E-state index contributed by atoms with van der Waals surface area (Å²) in [5, 5.41) is 0. The Balaban J connectivity index is 2.31. The second-order valence-corrected chi connectivity index (χ2v) is 5.21. The number of hydrogen-bond acceptors (Lipinski definition) is 4. The highest BCUT2D eigenvalue weighted by molar-refractivity contribution is 5.82. The lowest BCUT2D eigenvalue weighted by Gasteiger charge is -2.21. The number of rotatable bonds is 3. The van der Waals surface area contributed by atoms with Crippen molar-refractivity contribution in [2.24, 2.45) is 11.3 Å². The first-order chi connectivity index (χ1) is 6.88. The summed E-state index contributed by atoms with van der Waals surface area (Å²) in [4.78, 5) is 30.6. The highest BCUT2D eigenvalue weighted by atomic mass is 17.2. The van der Waals surface area contributed by atoms with Crippen molar-refractivity contribution in [1.29, 1.82) is 0 Å². The van der Waals surface area contributed by atoms with E-state index in [4.69, 9.17) is 0 Å². The van der Waals surface area contributed by atoms with Crippen molar-refractivity contribution in [1.82, 2.24) is 0 Å². The van der Waals surface area contributed by atoms with Crippen LogP contribution < -0.4 is 0 Å². The fraction of sp³-hybridized carbons (Fsp3) is 0.818. The molecule has 0 spiro atoms. The first-order valence-corrected chi connectivity index (χ1v) is 5.30. The molecule has 1 heterocycles. The highest BCUT2D eigenvalue weighted by Crippen LogP contribution is 2.26. The van der Waals surface area contributed by atoms with E-state index in [0.717, 1.165) is 12.8 Å². The van der Waals surface area contributed by atoms with Crippen LogP contribution in [0.3, 0.4) is 0 Å². The predicted octanol–water partition coefficient (Wildman–Crippen LogP) is 2.22. The summed E-state index contributed by atoms with van der Waals surface area (Å²) in [6.07, 6.45) is 2.82. The van der Waals surface area contributed by atoms with Gasteiger partial charge in [0, 0.05) is 0 Å². The van der Waals surface area contributed by atoms with Gasteiger partial charge in [0.15, 0.2) is 0 Å². The van der Waals surface area contributed by atoms with Crippen LogP contribution in [-0.2, 0) is 19.4 Å². The summed E-state index contributed by atoms with van der Waals surface area (Å²) in [5.41, 5.74) is 0.263. The third kappa shape index (κ3) is 4.32. The van der Waals surface area contributed by atoms with E-state index in [9.17, 15) is 9.59 Å². The van der Waals surface area contributed by atoms with Gasteiger partial charge in [0.2, 0.25) is 0 Å². The summed E-state index contributed by atoms with van der Waals surface area (Å²) in [6, 6.07) is 0. The Kier molecular flexibility index (Phi) is 3.72. The predicted molar refractivity (Wildman–Crippen MR) is 53.6 cm³/mol. The molecule has 1 aliphatic heterocycles. The molecule has 0 amide bonds. The third-order valence-corrected chi connectivity index (χ3v) is 2.44. The van der Waals surface area contributed by atoms with Crippen molar-refractivity contribution in [2.45, 2.75) is 46.5 Å². The fourth-order valence-electron chi connectivity index (χ4n) is 1.57. The van der Waals surface area contributed by atoms with Gasteiger partial charge < -0.3 is 0 Å². The zero-order valence-corrected chi connectivity index (χ0v) is 9.54. The Morgan fingerprint density at radius 3 is 2.53 bits per heavy atom. The van der Waals surface area contributed by atoms with Crippen LogP contribution in [-0.4, -0.2) is 11.9 Å². The van der Waals surface area contributed by atoms with E-state index in [1.807, 2.05) is 0 Å². The van der Waals surface area contributed by atoms with E-state index < -0.39 is 11.9 Å². The number of carbonyl (C=O) groups excluding carboxylic acids is 2. The molecule has 1 saturated heterocycles. The standard InChI is InChI=1S/C11H18O4/c1-11(2,3)6-4-5-8-7-9(12)14-15-10(8)13/h8H,4-7H2,1-3H3. The second kappa shape index (κ2) is 4.64. The summed E-state index contributed by atoms with van der Waals surface area (Å²) >= 11 is 0. The molecule has 1 unspecified atom stereocenters. The van der Waals surface area contributed by atoms with E-state index >= 15 is 0 Å². The molecular weight excluding hydrogens is 196 g/mol. The van der Waals surface area contributed by atoms with Gasteiger partial charge in [-0.25, -0.2) is 19.4 Å². The molecule has 1 atom stereocenters. The molecule has 0 bridgehead atoms. The van der Waals surface area contributed by atoms with Crippen molar-refractivity contribution >= 4 is 11.9 Å². The molecule has 0 aromatic carbocycles. The molecule has 15 heavy (non-hydrogen) atoms. The molecule has 1 aliphatic rings. The normalized spacial score (nSPS) is 22.2. The van der Waals surface area contributed by atoms with Gasteiger partial charge in [0.25, 0.3) is 0 Å². The Labute approximate surface area is 89.9 Å². The van der Waals surface area contributed by atoms with Crippen molar-refractivity contribution in [3.8, 4) is 0 Å². The second-order valence-electron chi connectivity index (χ2n) is 5.21.